The van der Waals surface area contributed by atoms with Gasteiger partial charge in [0.2, 0.25) is 0 Å². The Morgan fingerprint density at radius 1 is 1.23 bits per heavy atom. The molecule has 0 radical (unpaired) electrons. The normalized spacial score (nSPS) is 39.5. The minimum absolute atomic E-state index is 0.278. The second-order valence-electron chi connectivity index (χ2n) is 4.34. The molecule has 2 rings (SSSR count). The zero-order valence-corrected chi connectivity index (χ0v) is 7.83. The average Bonchev–Trinajstić information content (AvgIpc) is 2.17. The molecular formula is C10H17NO2. The van der Waals surface area contributed by atoms with E-state index in [9.17, 15) is 4.79 Å². The lowest BCUT2D eigenvalue weighted by Gasteiger charge is -2.38. The maximum absolute atomic E-state index is 10.8. The van der Waals surface area contributed by atoms with E-state index in [1.54, 1.807) is 0 Å². The number of carbonyl (C=O) groups is 1. The molecule has 2 aliphatic rings. The molecule has 0 aromatic heterocycles. The van der Waals surface area contributed by atoms with E-state index in [2.05, 4.69) is 5.32 Å². The summed E-state index contributed by atoms with van der Waals surface area (Å²) in [4.78, 5) is 10.8. The topological polar surface area (TPSA) is 49.3 Å². The Morgan fingerprint density at radius 3 is 2.62 bits per heavy atom. The fourth-order valence-corrected chi connectivity index (χ4v) is 2.73. The summed E-state index contributed by atoms with van der Waals surface area (Å²) < 4.78 is 0. The van der Waals surface area contributed by atoms with E-state index < -0.39 is 5.97 Å². The highest BCUT2D eigenvalue weighted by molar-refractivity contribution is 5.73. The van der Waals surface area contributed by atoms with Crippen molar-refractivity contribution in [3.63, 3.8) is 0 Å². The number of hydrogen-bond donors (Lipinski definition) is 2. The van der Waals surface area contributed by atoms with Crippen LogP contribution < -0.4 is 5.32 Å². The van der Waals surface area contributed by atoms with Crippen LogP contribution in [0.3, 0.4) is 0 Å². The highest BCUT2D eigenvalue weighted by Crippen LogP contribution is 2.35. The molecule has 3 heteroatoms. The first-order valence-corrected chi connectivity index (χ1v) is 5.23. The van der Waals surface area contributed by atoms with E-state index >= 15 is 0 Å². The van der Waals surface area contributed by atoms with Crippen molar-refractivity contribution < 1.29 is 9.90 Å². The van der Waals surface area contributed by atoms with E-state index in [0.717, 1.165) is 18.9 Å². The highest BCUT2D eigenvalue weighted by atomic mass is 16.4. The molecule has 13 heavy (non-hydrogen) atoms. The molecule has 0 bridgehead atoms. The molecule has 0 amide bonds. The van der Waals surface area contributed by atoms with Gasteiger partial charge in [-0.25, -0.2) is 0 Å². The van der Waals surface area contributed by atoms with Gasteiger partial charge < -0.3 is 10.4 Å². The third kappa shape index (κ3) is 1.85. The molecular weight excluding hydrogens is 166 g/mol. The van der Waals surface area contributed by atoms with Gasteiger partial charge in [0.1, 0.15) is 6.04 Å². The van der Waals surface area contributed by atoms with Gasteiger partial charge >= 0.3 is 5.97 Å². The maximum atomic E-state index is 10.8. The van der Waals surface area contributed by atoms with Gasteiger partial charge in [-0.1, -0.05) is 19.3 Å². The van der Waals surface area contributed by atoms with Gasteiger partial charge in [0.15, 0.2) is 0 Å². The Morgan fingerprint density at radius 2 is 1.92 bits per heavy atom. The number of hydrogen-bond acceptors (Lipinski definition) is 2. The molecule has 1 aliphatic carbocycles. The van der Waals surface area contributed by atoms with Crippen LogP contribution in [0.15, 0.2) is 0 Å². The summed E-state index contributed by atoms with van der Waals surface area (Å²) in [7, 11) is 0. The summed E-state index contributed by atoms with van der Waals surface area (Å²) in [6, 6.07) is -0.278. The largest absolute Gasteiger partial charge is 0.480 e. The Balaban J connectivity index is 1.95. The summed E-state index contributed by atoms with van der Waals surface area (Å²) in [6.07, 6.45) is 6.02. The molecule has 1 aliphatic heterocycles. The molecule has 0 aromatic carbocycles. The number of nitrogens with one attached hydrogen (secondary N) is 1. The number of carboxylic acids is 1. The van der Waals surface area contributed by atoms with Crippen LogP contribution in [0.4, 0.5) is 0 Å². The fraction of sp³-hybridized carbons (Fsp3) is 0.900. The van der Waals surface area contributed by atoms with E-state index in [4.69, 9.17) is 5.11 Å². The van der Waals surface area contributed by atoms with E-state index in [1.165, 1.54) is 25.7 Å². The van der Waals surface area contributed by atoms with Crippen molar-refractivity contribution in [3.05, 3.63) is 0 Å². The molecule has 1 saturated heterocycles. The smallest absolute Gasteiger partial charge is 0.320 e. The van der Waals surface area contributed by atoms with E-state index in [1.807, 2.05) is 0 Å². The minimum atomic E-state index is -0.677. The van der Waals surface area contributed by atoms with Gasteiger partial charge in [0.05, 0.1) is 0 Å². The number of rotatable bonds is 1. The number of aliphatic carboxylic acids is 1. The SMILES string of the molecule is O=C(O)[C@H]1C[C@H]2CCCC[C@H]2CN1. The number of fused-ring (bicyclic) bond motifs is 1. The first-order chi connectivity index (χ1) is 6.27. The lowest BCUT2D eigenvalue weighted by molar-refractivity contribution is -0.141. The van der Waals surface area contributed by atoms with Crippen molar-refractivity contribution in [1.29, 1.82) is 0 Å². The molecule has 74 valence electrons. The van der Waals surface area contributed by atoms with Crippen LogP contribution in [0.2, 0.25) is 0 Å². The predicted molar refractivity (Wildman–Crippen MR) is 49.5 cm³/mol. The summed E-state index contributed by atoms with van der Waals surface area (Å²) in [6.45, 7) is 0.918. The van der Waals surface area contributed by atoms with E-state index in [0.29, 0.717) is 5.92 Å². The van der Waals surface area contributed by atoms with Crippen LogP contribution in [0.25, 0.3) is 0 Å². The van der Waals surface area contributed by atoms with Gasteiger partial charge in [0.25, 0.3) is 0 Å². The molecule has 3 atom stereocenters. The molecule has 2 fully saturated rings. The molecule has 0 spiro atoms. The van der Waals surface area contributed by atoms with Crippen molar-refractivity contribution >= 4 is 5.97 Å². The van der Waals surface area contributed by atoms with Crippen molar-refractivity contribution in [1.82, 2.24) is 5.32 Å². The van der Waals surface area contributed by atoms with Crippen LogP contribution in [0.5, 0.6) is 0 Å². The lowest BCUT2D eigenvalue weighted by Crippen LogP contribution is -2.48. The Bertz CT molecular complexity index is 205. The monoisotopic (exact) mass is 183 g/mol. The van der Waals surface area contributed by atoms with Crippen molar-refractivity contribution in [2.75, 3.05) is 6.54 Å². The van der Waals surface area contributed by atoms with Gasteiger partial charge in [-0.2, -0.15) is 0 Å². The van der Waals surface area contributed by atoms with Crippen LogP contribution in [0.1, 0.15) is 32.1 Å². The maximum Gasteiger partial charge on any atom is 0.320 e. The lowest BCUT2D eigenvalue weighted by atomic mass is 9.74. The molecule has 1 saturated carbocycles. The quantitative estimate of drug-likeness (QED) is 0.643. The predicted octanol–water partition coefficient (Wildman–Crippen LogP) is 1.24. The average molecular weight is 183 g/mol. The van der Waals surface area contributed by atoms with Crippen LogP contribution in [0, 0.1) is 11.8 Å². The van der Waals surface area contributed by atoms with Gasteiger partial charge in [-0.05, 0) is 31.2 Å². The number of piperidine rings is 1. The molecule has 1 heterocycles. The molecule has 2 N–H and O–H groups in total. The fourth-order valence-electron chi connectivity index (χ4n) is 2.73. The highest BCUT2D eigenvalue weighted by Gasteiger charge is 2.34. The zero-order chi connectivity index (χ0) is 9.26. The second kappa shape index (κ2) is 3.66. The Kier molecular flexibility index (Phi) is 2.54. The molecule has 0 aromatic rings. The van der Waals surface area contributed by atoms with Crippen molar-refractivity contribution in [3.8, 4) is 0 Å². The van der Waals surface area contributed by atoms with Crippen LogP contribution in [-0.2, 0) is 4.79 Å². The van der Waals surface area contributed by atoms with Crippen molar-refractivity contribution in [2.45, 2.75) is 38.1 Å². The third-order valence-corrected chi connectivity index (χ3v) is 3.53. The molecule has 0 unspecified atom stereocenters. The summed E-state index contributed by atoms with van der Waals surface area (Å²) in [5.74, 6) is 0.754. The number of carboxylic acid groups (broad SMARTS) is 1. The third-order valence-electron chi connectivity index (χ3n) is 3.53. The van der Waals surface area contributed by atoms with E-state index in [-0.39, 0.29) is 6.04 Å². The Labute approximate surface area is 78.5 Å². The van der Waals surface area contributed by atoms with Crippen LogP contribution >= 0.6 is 0 Å². The van der Waals surface area contributed by atoms with Gasteiger partial charge in [0, 0.05) is 0 Å². The summed E-state index contributed by atoms with van der Waals surface area (Å²) >= 11 is 0. The van der Waals surface area contributed by atoms with Gasteiger partial charge in [-0.15, -0.1) is 0 Å². The minimum Gasteiger partial charge on any atom is -0.480 e. The Hall–Kier alpha value is -0.570. The zero-order valence-electron chi connectivity index (χ0n) is 7.83. The first-order valence-electron chi connectivity index (χ1n) is 5.23. The van der Waals surface area contributed by atoms with Crippen LogP contribution in [-0.4, -0.2) is 23.7 Å². The standard InChI is InChI=1S/C10H17NO2/c12-10(13)9-5-7-3-1-2-4-8(7)6-11-9/h7-9,11H,1-6H2,(H,12,13)/t7-,8+,9-/m1/s1. The van der Waals surface area contributed by atoms with Gasteiger partial charge in [-0.3, -0.25) is 4.79 Å². The first kappa shape index (κ1) is 9.00. The van der Waals surface area contributed by atoms with Crippen molar-refractivity contribution in [2.24, 2.45) is 11.8 Å². The summed E-state index contributed by atoms with van der Waals surface area (Å²) in [5, 5.41) is 12.0. The summed E-state index contributed by atoms with van der Waals surface area (Å²) in [5.41, 5.74) is 0. The second-order valence-corrected chi connectivity index (χ2v) is 4.34. The molecule has 3 nitrogen and oxygen atoms in total.